The number of carbonyl (C=O) groups excluding carboxylic acids is 2. The van der Waals surface area contributed by atoms with E-state index in [9.17, 15) is 19.1 Å². The topological polar surface area (TPSA) is 69.6 Å². The maximum atomic E-state index is 13.1. The fraction of sp³-hybridized carbons (Fsp3) is 0.227. The van der Waals surface area contributed by atoms with E-state index in [4.69, 9.17) is 12.2 Å². The molecule has 1 heterocycles. The molecule has 1 saturated heterocycles. The first-order chi connectivity index (χ1) is 14.4. The van der Waals surface area contributed by atoms with Crippen molar-refractivity contribution in [2.24, 2.45) is 0 Å². The van der Waals surface area contributed by atoms with E-state index in [2.05, 4.69) is 5.32 Å². The second-order valence-corrected chi connectivity index (χ2v) is 8.53. The largest absolute Gasteiger partial charge is 0.394 e. The number of hydrogen-bond donors (Lipinski definition) is 2. The predicted molar refractivity (Wildman–Crippen MR) is 120 cm³/mol. The summed E-state index contributed by atoms with van der Waals surface area (Å²) in [6.45, 7) is 1.37. The third-order valence-electron chi connectivity index (χ3n) is 4.65. The minimum Gasteiger partial charge on any atom is -0.394 e. The number of benzene rings is 2. The van der Waals surface area contributed by atoms with Crippen molar-refractivity contribution in [1.29, 1.82) is 0 Å². The second kappa shape index (κ2) is 9.97. The molecule has 0 spiro atoms. The van der Waals surface area contributed by atoms with Gasteiger partial charge in [0, 0.05) is 0 Å². The number of nitrogens with zero attached hydrogens (tertiary/aromatic N) is 1. The quantitative estimate of drug-likeness (QED) is 0.507. The molecule has 0 radical (unpaired) electrons. The van der Waals surface area contributed by atoms with Crippen molar-refractivity contribution >= 4 is 46.2 Å². The van der Waals surface area contributed by atoms with E-state index >= 15 is 0 Å². The van der Waals surface area contributed by atoms with Crippen LogP contribution < -0.4 is 5.32 Å². The summed E-state index contributed by atoms with van der Waals surface area (Å²) >= 11 is 6.41. The molecule has 0 bridgehead atoms. The smallest absolute Gasteiger partial charge is 0.266 e. The molecule has 2 N–H and O–H groups in total. The molecule has 0 aromatic heterocycles. The third-order valence-corrected chi connectivity index (χ3v) is 5.98. The van der Waals surface area contributed by atoms with E-state index in [0.717, 1.165) is 17.3 Å². The molecule has 156 valence electrons. The Bertz CT molecular complexity index is 964. The van der Waals surface area contributed by atoms with Gasteiger partial charge < -0.3 is 10.4 Å². The molecule has 8 heteroatoms. The molecule has 2 amide bonds. The van der Waals surface area contributed by atoms with Crippen LogP contribution in [0.4, 0.5) is 4.39 Å². The average Bonchev–Trinajstić information content (AvgIpc) is 3.02. The van der Waals surface area contributed by atoms with E-state index in [1.54, 1.807) is 25.1 Å². The summed E-state index contributed by atoms with van der Waals surface area (Å²) in [6, 6.07) is 13.9. The highest BCUT2D eigenvalue weighted by atomic mass is 32.2. The van der Waals surface area contributed by atoms with E-state index in [1.807, 2.05) is 30.3 Å². The highest BCUT2D eigenvalue weighted by Crippen LogP contribution is 2.34. The monoisotopic (exact) mass is 444 g/mol. The second-order valence-electron chi connectivity index (χ2n) is 6.86. The average molecular weight is 445 g/mol. The zero-order valence-corrected chi connectivity index (χ0v) is 17.9. The Balaban J connectivity index is 1.68. The number of thiocarbonyl (C=S) groups is 1. The van der Waals surface area contributed by atoms with Crippen molar-refractivity contribution in [3.05, 3.63) is 76.4 Å². The molecule has 2 unspecified atom stereocenters. The number of hydrogen-bond acceptors (Lipinski definition) is 5. The molecule has 0 saturated carbocycles. The summed E-state index contributed by atoms with van der Waals surface area (Å²) in [5, 5.41) is 12.4. The standard InChI is InChI=1S/C22H21FN2O3S2/c1-14(20(27)24-18(13-26)11-15-5-3-2-4-6-15)25-21(28)19(30-22(25)29)12-16-7-9-17(23)10-8-16/h2-10,12,14,18,26H,11,13H2,1H3,(H,24,27)/b19-12-. The summed E-state index contributed by atoms with van der Waals surface area (Å²) in [6.07, 6.45) is 2.09. The van der Waals surface area contributed by atoms with Crippen molar-refractivity contribution in [3.63, 3.8) is 0 Å². The van der Waals surface area contributed by atoms with E-state index < -0.39 is 18.0 Å². The first kappa shape index (κ1) is 22.1. The Hall–Kier alpha value is -2.55. The minimum atomic E-state index is -0.832. The minimum absolute atomic E-state index is 0.226. The molecular formula is C22H21FN2O3S2. The van der Waals surface area contributed by atoms with Crippen LogP contribution in [0.5, 0.6) is 0 Å². The van der Waals surface area contributed by atoms with Crippen LogP contribution in [0.1, 0.15) is 18.1 Å². The van der Waals surface area contributed by atoms with Crippen LogP contribution in [0.2, 0.25) is 0 Å². The number of carbonyl (C=O) groups is 2. The van der Waals surface area contributed by atoms with Gasteiger partial charge in [-0.05, 0) is 42.7 Å². The molecule has 2 atom stereocenters. The van der Waals surface area contributed by atoms with E-state index in [0.29, 0.717) is 16.9 Å². The van der Waals surface area contributed by atoms with Crippen LogP contribution >= 0.6 is 24.0 Å². The normalized spacial score (nSPS) is 17.3. The van der Waals surface area contributed by atoms with Gasteiger partial charge in [-0.15, -0.1) is 0 Å². The summed E-state index contributed by atoms with van der Waals surface area (Å²) in [4.78, 5) is 27.2. The lowest BCUT2D eigenvalue weighted by atomic mass is 10.1. The molecule has 2 aromatic carbocycles. The van der Waals surface area contributed by atoms with Crippen LogP contribution in [-0.4, -0.2) is 44.8 Å². The van der Waals surface area contributed by atoms with Gasteiger partial charge in [-0.1, -0.05) is 66.4 Å². The molecule has 0 aliphatic carbocycles. The number of thioether (sulfide) groups is 1. The van der Waals surface area contributed by atoms with Crippen LogP contribution in [-0.2, 0) is 16.0 Å². The van der Waals surface area contributed by atoms with Gasteiger partial charge in [0.05, 0.1) is 17.6 Å². The van der Waals surface area contributed by atoms with Crippen molar-refractivity contribution in [2.45, 2.75) is 25.4 Å². The van der Waals surface area contributed by atoms with Gasteiger partial charge in [0.2, 0.25) is 5.91 Å². The lowest BCUT2D eigenvalue weighted by Gasteiger charge is -2.25. The molecule has 1 aliphatic heterocycles. The predicted octanol–water partition coefficient (Wildman–Crippen LogP) is 3.14. The first-order valence-corrected chi connectivity index (χ1v) is 10.6. The summed E-state index contributed by atoms with van der Waals surface area (Å²) in [5.74, 6) is -1.14. The fourth-order valence-electron chi connectivity index (χ4n) is 3.02. The number of aliphatic hydroxyl groups excluding tert-OH is 1. The number of nitrogens with one attached hydrogen (secondary N) is 1. The third kappa shape index (κ3) is 5.33. The molecule has 1 aliphatic rings. The molecule has 2 aromatic rings. The first-order valence-electron chi connectivity index (χ1n) is 9.37. The van der Waals surface area contributed by atoms with Gasteiger partial charge >= 0.3 is 0 Å². The molecule has 30 heavy (non-hydrogen) atoms. The molecule has 3 rings (SSSR count). The van der Waals surface area contributed by atoms with Crippen molar-refractivity contribution < 1.29 is 19.1 Å². The van der Waals surface area contributed by atoms with Gasteiger partial charge in [0.1, 0.15) is 16.2 Å². The van der Waals surface area contributed by atoms with Gasteiger partial charge in [-0.2, -0.15) is 0 Å². The van der Waals surface area contributed by atoms with Gasteiger partial charge in [-0.25, -0.2) is 4.39 Å². The van der Waals surface area contributed by atoms with Crippen molar-refractivity contribution in [3.8, 4) is 0 Å². The van der Waals surface area contributed by atoms with E-state index in [1.165, 1.54) is 17.0 Å². The summed E-state index contributed by atoms with van der Waals surface area (Å²) < 4.78 is 13.4. The summed E-state index contributed by atoms with van der Waals surface area (Å²) in [5.41, 5.74) is 1.65. The highest BCUT2D eigenvalue weighted by Gasteiger charge is 2.38. The zero-order chi connectivity index (χ0) is 21.7. The van der Waals surface area contributed by atoms with Crippen LogP contribution in [0.25, 0.3) is 6.08 Å². The molecular weight excluding hydrogens is 423 g/mol. The molecule has 1 fully saturated rings. The molecule has 5 nitrogen and oxygen atoms in total. The fourth-order valence-corrected chi connectivity index (χ4v) is 4.44. The van der Waals surface area contributed by atoms with Crippen LogP contribution in [0, 0.1) is 5.82 Å². The van der Waals surface area contributed by atoms with Gasteiger partial charge in [0.25, 0.3) is 5.91 Å². The van der Waals surface area contributed by atoms with Gasteiger partial charge in [0.15, 0.2) is 0 Å². The Morgan fingerprint density at radius 3 is 2.53 bits per heavy atom. The lowest BCUT2D eigenvalue weighted by Crippen LogP contribution is -2.51. The van der Waals surface area contributed by atoms with E-state index in [-0.39, 0.29) is 22.7 Å². The highest BCUT2D eigenvalue weighted by molar-refractivity contribution is 8.26. The number of aliphatic hydroxyl groups is 1. The Morgan fingerprint density at radius 2 is 1.90 bits per heavy atom. The maximum absolute atomic E-state index is 13.1. The van der Waals surface area contributed by atoms with Gasteiger partial charge in [-0.3, -0.25) is 14.5 Å². The maximum Gasteiger partial charge on any atom is 0.266 e. The lowest BCUT2D eigenvalue weighted by molar-refractivity contribution is -0.132. The van der Waals surface area contributed by atoms with Crippen molar-refractivity contribution in [1.82, 2.24) is 10.2 Å². The number of rotatable bonds is 7. The Kier molecular flexibility index (Phi) is 7.36. The SMILES string of the molecule is CC(C(=O)NC(CO)Cc1ccccc1)N1C(=O)/C(=C/c2ccc(F)cc2)SC1=S. The van der Waals surface area contributed by atoms with Crippen LogP contribution in [0.3, 0.4) is 0 Å². The Morgan fingerprint density at radius 1 is 1.23 bits per heavy atom. The zero-order valence-electron chi connectivity index (χ0n) is 16.2. The van der Waals surface area contributed by atoms with Crippen LogP contribution in [0.15, 0.2) is 59.5 Å². The number of halogens is 1. The number of amides is 2. The summed E-state index contributed by atoms with van der Waals surface area (Å²) in [7, 11) is 0. The Labute approximate surface area is 184 Å². The van der Waals surface area contributed by atoms with Crippen molar-refractivity contribution in [2.75, 3.05) is 6.61 Å².